The minimum Gasteiger partial charge on any atom is -0.308 e. The number of aromatic nitrogens is 4. The summed E-state index contributed by atoms with van der Waals surface area (Å²) in [6.45, 7) is -1.05. The standard InChI is InChI=1S/C19H14ClF6N5O/c20-14-17(19(25)26)29-31(18(14)8-1-2-8)7-13(32)27-12-3-4-30(28-12)6-9-15(23)10(21)5-11(22)16(9)24/h3-5,8,19H,1-2,6-7H2,(H,27,28,32). The Morgan fingerprint density at radius 1 is 1.16 bits per heavy atom. The van der Waals surface area contributed by atoms with Crippen molar-refractivity contribution < 1.29 is 31.1 Å². The summed E-state index contributed by atoms with van der Waals surface area (Å²) in [7, 11) is 0. The predicted molar refractivity (Wildman–Crippen MR) is 100 cm³/mol. The number of benzene rings is 1. The number of nitrogens with one attached hydrogen (secondary N) is 1. The zero-order valence-electron chi connectivity index (χ0n) is 16.1. The maximum Gasteiger partial charge on any atom is 0.283 e. The summed E-state index contributed by atoms with van der Waals surface area (Å²) in [4.78, 5) is 12.4. The smallest absolute Gasteiger partial charge is 0.283 e. The molecule has 1 saturated carbocycles. The third-order valence-corrected chi connectivity index (χ3v) is 5.24. The van der Waals surface area contributed by atoms with E-state index < -0.39 is 59.9 Å². The summed E-state index contributed by atoms with van der Waals surface area (Å²) in [6.07, 6.45) is -0.178. The molecule has 0 atom stereocenters. The number of rotatable bonds is 7. The van der Waals surface area contributed by atoms with E-state index in [1.807, 2.05) is 0 Å². The maximum absolute atomic E-state index is 13.8. The highest BCUT2D eigenvalue weighted by Gasteiger charge is 2.34. The van der Waals surface area contributed by atoms with Gasteiger partial charge in [0.2, 0.25) is 5.91 Å². The van der Waals surface area contributed by atoms with Gasteiger partial charge in [0.15, 0.2) is 29.1 Å². The number of nitrogens with zero attached hydrogens (tertiary/aromatic N) is 4. The summed E-state index contributed by atoms with van der Waals surface area (Å²) < 4.78 is 82.6. The SMILES string of the molecule is O=C(Cn1nc(C(F)F)c(Cl)c1C1CC1)Nc1ccn(Cc2c(F)c(F)cc(F)c2F)n1. The molecule has 0 spiro atoms. The third-order valence-electron chi connectivity index (χ3n) is 4.85. The molecule has 1 aliphatic carbocycles. The Bertz CT molecular complexity index is 1160. The van der Waals surface area contributed by atoms with Gasteiger partial charge < -0.3 is 5.32 Å². The van der Waals surface area contributed by atoms with Gasteiger partial charge in [0.05, 0.1) is 22.8 Å². The lowest BCUT2D eigenvalue weighted by Crippen LogP contribution is -2.21. The fourth-order valence-corrected chi connectivity index (χ4v) is 3.61. The number of carbonyl (C=O) groups excluding carboxylic acids is 1. The second-order valence-corrected chi connectivity index (χ2v) is 7.59. The first-order chi connectivity index (χ1) is 15.2. The van der Waals surface area contributed by atoms with Crippen LogP contribution >= 0.6 is 11.6 Å². The van der Waals surface area contributed by atoms with Gasteiger partial charge in [-0.05, 0) is 12.8 Å². The molecule has 4 rings (SSSR count). The molecule has 1 fully saturated rings. The Morgan fingerprint density at radius 3 is 2.41 bits per heavy atom. The number of hydrogen-bond donors (Lipinski definition) is 1. The van der Waals surface area contributed by atoms with Crippen LogP contribution in [0.3, 0.4) is 0 Å². The average Bonchev–Trinajstić information content (AvgIpc) is 3.37. The van der Waals surface area contributed by atoms with Crippen LogP contribution in [-0.2, 0) is 17.9 Å². The molecule has 32 heavy (non-hydrogen) atoms. The van der Waals surface area contributed by atoms with Crippen LogP contribution in [-0.4, -0.2) is 25.5 Å². The van der Waals surface area contributed by atoms with E-state index in [1.54, 1.807) is 0 Å². The van der Waals surface area contributed by atoms with E-state index >= 15 is 0 Å². The number of alkyl halides is 2. The van der Waals surface area contributed by atoms with E-state index in [2.05, 4.69) is 15.5 Å². The van der Waals surface area contributed by atoms with Gasteiger partial charge >= 0.3 is 0 Å². The Hall–Kier alpha value is -3.02. The normalized spacial score (nSPS) is 13.8. The summed E-state index contributed by atoms with van der Waals surface area (Å²) in [5, 5.41) is 9.86. The van der Waals surface area contributed by atoms with Crippen molar-refractivity contribution in [1.82, 2.24) is 19.6 Å². The van der Waals surface area contributed by atoms with E-state index in [0.717, 1.165) is 22.2 Å². The highest BCUT2D eigenvalue weighted by molar-refractivity contribution is 6.32. The average molecular weight is 478 g/mol. The predicted octanol–water partition coefficient (Wildman–Crippen LogP) is 4.79. The zero-order chi connectivity index (χ0) is 23.2. The summed E-state index contributed by atoms with van der Waals surface area (Å²) in [5.41, 5.74) is -1.11. The number of carbonyl (C=O) groups is 1. The maximum atomic E-state index is 13.8. The third kappa shape index (κ3) is 4.31. The molecule has 0 radical (unpaired) electrons. The van der Waals surface area contributed by atoms with Gasteiger partial charge in [0, 0.05) is 24.2 Å². The summed E-state index contributed by atoms with van der Waals surface area (Å²) >= 11 is 6.01. The van der Waals surface area contributed by atoms with E-state index in [-0.39, 0.29) is 22.8 Å². The summed E-state index contributed by atoms with van der Waals surface area (Å²) in [6, 6.07) is 1.38. The van der Waals surface area contributed by atoms with Crippen LogP contribution in [0.25, 0.3) is 0 Å². The van der Waals surface area contributed by atoms with Crippen molar-refractivity contribution in [2.45, 2.75) is 38.3 Å². The topological polar surface area (TPSA) is 64.7 Å². The highest BCUT2D eigenvalue weighted by atomic mass is 35.5. The minimum atomic E-state index is -2.89. The first-order valence-electron chi connectivity index (χ1n) is 9.35. The van der Waals surface area contributed by atoms with Crippen molar-refractivity contribution in [2.75, 3.05) is 5.32 Å². The van der Waals surface area contributed by atoms with Crippen LogP contribution < -0.4 is 5.32 Å². The van der Waals surface area contributed by atoms with E-state index in [4.69, 9.17) is 11.6 Å². The number of hydrogen-bond acceptors (Lipinski definition) is 3. The van der Waals surface area contributed by atoms with Crippen LogP contribution in [0.2, 0.25) is 5.02 Å². The fraction of sp³-hybridized carbons (Fsp3) is 0.316. The molecule has 1 aliphatic rings. The number of amides is 1. The molecule has 1 N–H and O–H groups in total. The minimum absolute atomic E-state index is 0.0343. The van der Waals surface area contributed by atoms with E-state index in [0.29, 0.717) is 5.69 Å². The first kappa shape index (κ1) is 22.2. The van der Waals surface area contributed by atoms with Gasteiger partial charge in [0.1, 0.15) is 12.2 Å². The van der Waals surface area contributed by atoms with Gasteiger partial charge in [-0.1, -0.05) is 11.6 Å². The van der Waals surface area contributed by atoms with Crippen molar-refractivity contribution >= 4 is 23.3 Å². The molecule has 2 aromatic heterocycles. The van der Waals surface area contributed by atoms with E-state index in [1.165, 1.54) is 12.3 Å². The van der Waals surface area contributed by atoms with Crippen molar-refractivity contribution in [3.8, 4) is 0 Å². The number of anilines is 1. The summed E-state index contributed by atoms with van der Waals surface area (Å²) in [5.74, 6) is -6.95. The molecule has 1 aromatic carbocycles. The lowest BCUT2D eigenvalue weighted by Gasteiger charge is -2.08. The highest BCUT2D eigenvalue weighted by Crippen LogP contribution is 2.45. The Balaban J connectivity index is 1.47. The van der Waals surface area contributed by atoms with Gasteiger partial charge in [-0.2, -0.15) is 10.2 Å². The van der Waals surface area contributed by atoms with Gasteiger partial charge in [-0.3, -0.25) is 14.2 Å². The van der Waals surface area contributed by atoms with Gasteiger partial charge in [-0.15, -0.1) is 0 Å². The molecule has 13 heteroatoms. The Morgan fingerprint density at radius 2 is 1.81 bits per heavy atom. The van der Waals surface area contributed by atoms with Gasteiger partial charge in [0.25, 0.3) is 6.43 Å². The zero-order valence-corrected chi connectivity index (χ0v) is 16.8. The molecular formula is C19H14ClF6N5O. The molecule has 0 aliphatic heterocycles. The molecule has 170 valence electrons. The second kappa shape index (κ2) is 8.49. The van der Waals surface area contributed by atoms with Crippen molar-refractivity contribution in [2.24, 2.45) is 0 Å². The molecule has 2 heterocycles. The lowest BCUT2D eigenvalue weighted by atomic mass is 10.2. The monoisotopic (exact) mass is 477 g/mol. The molecular weight excluding hydrogens is 464 g/mol. The van der Waals surface area contributed by atoms with E-state index in [9.17, 15) is 31.1 Å². The molecule has 0 unspecified atom stereocenters. The quantitative estimate of drug-likeness (QED) is 0.393. The Labute approximate surface area is 181 Å². The van der Waals surface area contributed by atoms with Crippen LogP contribution in [0, 0.1) is 23.3 Å². The van der Waals surface area contributed by atoms with Gasteiger partial charge in [-0.25, -0.2) is 26.3 Å². The molecule has 6 nitrogen and oxygen atoms in total. The lowest BCUT2D eigenvalue weighted by molar-refractivity contribution is -0.117. The molecule has 3 aromatic rings. The first-order valence-corrected chi connectivity index (χ1v) is 9.73. The molecule has 0 saturated heterocycles. The van der Waals surface area contributed by atoms with Crippen molar-refractivity contribution in [1.29, 1.82) is 0 Å². The van der Waals surface area contributed by atoms with Crippen molar-refractivity contribution in [3.05, 3.63) is 63.6 Å². The fourth-order valence-electron chi connectivity index (χ4n) is 3.24. The van der Waals surface area contributed by atoms with Crippen LogP contribution in [0.15, 0.2) is 18.3 Å². The largest absolute Gasteiger partial charge is 0.308 e. The Kier molecular flexibility index (Phi) is 5.89. The van der Waals surface area contributed by atoms with Crippen LogP contribution in [0.4, 0.5) is 32.2 Å². The molecule has 0 bridgehead atoms. The van der Waals surface area contributed by atoms with Crippen LogP contribution in [0.1, 0.15) is 42.1 Å². The molecule has 1 amide bonds. The van der Waals surface area contributed by atoms with Crippen LogP contribution in [0.5, 0.6) is 0 Å². The van der Waals surface area contributed by atoms with Crippen molar-refractivity contribution in [3.63, 3.8) is 0 Å². The second-order valence-electron chi connectivity index (χ2n) is 7.21. The number of halogens is 7.